The van der Waals surface area contributed by atoms with E-state index in [1.165, 1.54) is 18.2 Å². The second kappa shape index (κ2) is 8.81. The van der Waals surface area contributed by atoms with Crippen LogP contribution in [0.25, 0.3) is 0 Å². The third-order valence-corrected chi connectivity index (χ3v) is 4.91. The van der Waals surface area contributed by atoms with Gasteiger partial charge in [0.05, 0.1) is 12.7 Å². The van der Waals surface area contributed by atoms with Crippen LogP contribution in [0.1, 0.15) is 41.6 Å². The highest BCUT2D eigenvalue weighted by Crippen LogP contribution is 2.26. The minimum Gasteiger partial charge on any atom is -0.508 e. The maximum absolute atomic E-state index is 13.6. The van der Waals surface area contributed by atoms with Crippen LogP contribution in [0.15, 0.2) is 48.5 Å². The van der Waals surface area contributed by atoms with Gasteiger partial charge in [0, 0.05) is 17.7 Å². The Morgan fingerprint density at radius 3 is 2.46 bits per heavy atom. The summed E-state index contributed by atoms with van der Waals surface area (Å²) in [6.07, 6.45) is 3.97. The largest absolute Gasteiger partial charge is 0.508 e. The predicted molar refractivity (Wildman–Crippen MR) is 97.4 cm³/mol. The van der Waals surface area contributed by atoms with Crippen molar-refractivity contribution < 1.29 is 19.0 Å². The third kappa shape index (κ3) is 5.05. The van der Waals surface area contributed by atoms with Gasteiger partial charge in [0.25, 0.3) is 5.91 Å². The monoisotopic (exact) mass is 357 g/mol. The van der Waals surface area contributed by atoms with Gasteiger partial charge < -0.3 is 15.2 Å². The molecule has 138 valence electrons. The van der Waals surface area contributed by atoms with Crippen LogP contribution < -0.4 is 5.32 Å². The molecule has 26 heavy (non-hydrogen) atoms. The molecule has 0 saturated heterocycles. The van der Waals surface area contributed by atoms with Crippen LogP contribution in [0, 0.1) is 11.7 Å². The van der Waals surface area contributed by atoms with E-state index in [0.717, 1.165) is 25.7 Å². The molecule has 2 N–H and O–H groups in total. The van der Waals surface area contributed by atoms with Gasteiger partial charge in [0.2, 0.25) is 0 Å². The normalized spacial score (nSPS) is 19.9. The molecule has 1 amide bonds. The van der Waals surface area contributed by atoms with Gasteiger partial charge in [-0.2, -0.15) is 0 Å². The molecule has 1 aliphatic rings. The Bertz CT molecular complexity index is 724. The van der Waals surface area contributed by atoms with E-state index in [1.54, 1.807) is 24.3 Å². The van der Waals surface area contributed by atoms with Crippen molar-refractivity contribution >= 4 is 5.91 Å². The van der Waals surface area contributed by atoms with Gasteiger partial charge >= 0.3 is 0 Å². The van der Waals surface area contributed by atoms with Crippen molar-refractivity contribution in [3.63, 3.8) is 0 Å². The minimum absolute atomic E-state index is 0.122. The van der Waals surface area contributed by atoms with Crippen LogP contribution in [0.3, 0.4) is 0 Å². The Balaban J connectivity index is 1.38. The molecule has 0 unspecified atom stereocenters. The summed E-state index contributed by atoms with van der Waals surface area (Å²) in [6.45, 7) is 0.944. The SMILES string of the molecule is O=C(NCC1CCC(OCc2ccccc2F)CC1)c1ccc(O)cc1. The van der Waals surface area contributed by atoms with Gasteiger partial charge in [0.15, 0.2) is 0 Å². The molecule has 1 fully saturated rings. The first-order chi connectivity index (χ1) is 12.6. The zero-order valence-electron chi connectivity index (χ0n) is 14.7. The Kier molecular flexibility index (Phi) is 6.23. The topological polar surface area (TPSA) is 58.6 Å². The number of phenolic OH excluding ortho intramolecular Hbond substituents is 1. The van der Waals surface area contributed by atoms with E-state index in [-0.39, 0.29) is 23.6 Å². The number of aromatic hydroxyl groups is 1. The van der Waals surface area contributed by atoms with E-state index >= 15 is 0 Å². The van der Waals surface area contributed by atoms with Crippen molar-refractivity contribution in [3.05, 3.63) is 65.5 Å². The molecule has 0 aliphatic heterocycles. The Hall–Kier alpha value is -2.40. The first kappa shape index (κ1) is 18.4. The summed E-state index contributed by atoms with van der Waals surface area (Å²) in [4.78, 5) is 12.1. The molecule has 0 radical (unpaired) electrons. The number of carbonyl (C=O) groups is 1. The highest BCUT2D eigenvalue weighted by atomic mass is 19.1. The lowest BCUT2D eigenvalue weighted by atomic mass is 9.87. The second-order valence-corrected chi connectivity index (χ2v) is 6.80. The van der Waals surface area contributed by atoms with Crippen molar-refractivity contribution in [2.24, 2.45) is 5.92 Å². The quantitative estimate of drug-likeness (QED) is 0.820. The zero-order valence-corrected chi connectivity index (χ0v) is 14.7. The molecule has 1 aliphatic carbocycles. The molecule has 2 aromatic rings. The maximum Gasteiger partial charge on any atom is 0.251 e. The summed E-state index contributed by atoms with van der Waals surface area (Å²) in [7, 11) is 0. The van der Waals surface area contributed by atoms with Crippen LogP contribution in [-0.2, 0) is 11.3 Å². The molecule has 0 bridgehead atoms. The average Bonchev–Trinajstić information content (AvgIpc) is 2.67. The van der Waals surface area contributed by atoms with Gasteiger partial charge in [-0.15, -0.1) is 0 Å². The molecule has 0 spiro atoms. The number of halogens is 1. The lowest BCUT2D eigenvalue weighted by molar-refractivity contribution is 0.00616. The summed E-state index contributed by atoms with van der Waals surface area (Å²) in [5.41, 5.74) is 1.14. The predicted octanol–water partition coefficient (Wildman–Crippen LogP) is 4.04. The Labute approximate surface area is 153 Å². The van der Waals surface area contributed by atoms with Crippen molar-refractivity contribution in [1.82, 2.24) is 5.32 Å². The molecule has 2 aromatic carbocycles. The first-order valence-corrected chi connectivity index (χ1v) is 9.04. The third-order valence-electron chi connectivity index (χ3n) is 4.91. The van der Waals surface area contributed by atoms with E-state index in [1.807, 2.05) is 6.07 Å². The first-order valence-electron chi connectivity index (χ1n) is 9.04. The van der Waals surface area contributed by atoms with Gasteiger partial charge in [-0.3, -0.25) is 4.79 Å². The standard InChI is InChI=1S/C21H24FNO3/c22-20-4-2-1-3-17(20)14-26-19-11-5-15(6-12-19)13-23-21(25)16-7-9-18(24)10-8-16/h1-4,7-10,15,19,24H,5-6,11-14H2,(H,23,25). The van der Waals surface area contributed by atoms with Gasteiger partial charge in [-0.25, -0.2) is 4.39 Å². The minimum atomic E-state index is -0.224. The van der Waals surface area contributed by atoms with Crippen molar-refractivity contribution in [3.8, 4) is 5.75 Å². The summed E-state index contributed by atoms with van der Waals surface area (Å²) < 4.78 is 19.5. The summed E-state index contributed by atoms with van der Waals surface area (Å²) >= 11 is 0. The smallest absolute Gasteiger partial charge is 0.251 e. The average molecular weight is 357 g/mol. The number of rotatable bonds is 6. The zero-order chi connectivity index (χ0) is 18.4. The fourth-order valence-electron chi connectivity index (χ4n) is 3.28. The molecular weight excluding hydrogens is 333 g/mol. The van der Waals surface area contributed by atoms with Crippen LogP contribution in [0.5, 0.6) is 5.75 Å². The number of hydrogen-bond donors (Lipinski definition) is 2. The second-order valence-electron chi connectivity index (χ2n) is 6.80. The number of hydrogen-bond acceptors (Lipinski definition) is 3. The highest BCUT2D eigenvalue weighted by molar-refractivity contribution is 5.94. The van der Waals surface area contributed by atoms with Crippen molar-refractivity contribution in [1.29, 1.82) is 0 Å². The van der Waals surface area contributed by atoms with E-state index in [9.17, 15) is 14.3 Å². The molecule has 1 saturated carbocycles. The fraction of sp³-hybridized carbons (Fsp3) is 0.381. The Morgan fingerprint density at radius 1 is 1.08 bits per heavy atom. The number of ether oxygens (including phenoxy) is 1. The van der Waals surface area contributed by atoms with Crippen molar-refractivity contribution in [2.45, 2.75) is 38.4 Å². The molecule has 4 nitrogen and oxygen atoms in total. The summed E-state index contributed by atoms with van der Waals surface area (Å²) in [5.74, 6) is 0.237. The van der Waals surface area contributed by atoms with Gasteiger partial charge in [-0.1, -0.05) is 18.2 Å². The van der Waals surface area contributed by atoms with E-state index < -0.39 is 0 Å². The summed E-state index contributed by atoms with van der Waals surface area (Å²) in [6, 6.07) is 12.9. The molecular formula is C21H24FNO3. The van der Waals surface area contributed by atoms with Crippen LogP contribution in [0.4, 0.5) is 4.39 Å². The van der Waals surface area contributed by atoms with Crippen LogP contribution in [-0.4, -0.2) is 23.7 Å². The molecule has 5 heteroatoms. The lowest BCUT2D eigenvalue weighted by Gasteiger charge is -2.28. The highest BCUT2D eigenvalue weighted by Gasteiger charge is 2.22. The van der Waals surface area contributed by atoms with E-state index in [2.05, 4.69) is 5.32 Å². The van der Waals surface area contributed by atoms with Crippen LogP contribution >= 0.6 is 0 Å². The molecule has 0 heterocycles. The Morgan fingerprint density at radius 2 is 1.77 bits per heavy atom. The summed E-state index contributed by atoms with van der Waals surface area (Å²) in [5, 5.41) is 12.2. The van der Waals surface area contributed by atoms with E-state index in [0.29, 0.717) is 30.2 Å². The van der Waals surface area contributed by atoms with Gasteiger partial charge in [-0.05, 0) is 61.9 Å². The number of carbonyl (C=O) groups excluding carboxylic acids is 1. The number of phenols is 1. The van der Waals surface area contributed by atoms with Gasteiger partial charge in [0.1, 0.15) is 11.6 Å². The van der Waals surface area contributed by atoms with Crippen molar-refractivity contribution in [2.75, 3.05) is 6.54 Å². The molecule has 3 rings (SSSR count). The number of amides is 1. The maximum atomic E-state index is 13.6. The van der Waals surface area contributed by atoms with Crippen LogP contribution in [0.2, 0.25) is 0 Å². The lowest BCUT2D eigenvalue weighted by Crippen LogP contribution is -2.32. The number of nitrogens with one attached hydrogen (secondary N) is 1. The number of benzene rings is 2. The molecule has 0 aromatic heterocycles. The molecule has 0 atom stereocenters. The fourth-order valence-corrected chi connectivity index (χ4v) is 3.28. The van der Waals surface area contributed by atoms with E-state index in [4.69, 9.17) is 4.74 Å².